The number of rotatable bonds is 1. The van der Waals surface area contributed by atoms with Gasteiger partial charge in [-0.15, -0.1) is 0 Å². The second-order valence-corrected chi connectivity index (χ2v) is 3.81. The number of hydrogen-bond acceptors (Lipinski definition) is 2. The van der Waals surface area contributed by atoms with E-state index >= 15 is 0 Å². The summed E-state index contributed by atoms with van der Waals surface area (Å²) in [5.74, 6) is 1.55. The highest BCUT2D eigenvalue weighted by Gasteiger charge is 2.23. The lowest BCUT2D eigenvalue weighted by Gasteiger charge is -2.11. The van der Waals surface area contributed by atoms with Crippen molar-refractivity contribution in [3.63, 3.8) is 0 Å². The standard InChI is InChI=1S/C11H15NO/c1-8(2)10-7-13-11(12-10)9-5-3-4-6-9/h3-6,8,10,12H,7H2,1-2H3/t10-/m0/s1. The lowest BCUT2D eigenvalue weighted by molar-refractivity contribution is 0.243. The molecule has 0 aromatic heterocycles. The molecule has 1 aliphatic heterocycles. The highest BCUT2D eigenvalue weighted by molar-refractivity contribution is 5.42. The minimum absolute atomic E-state index is 0.463. The molecule has 0 bridgehead atoms. The smallest absolute Gasteiger partial charge is 0.194 e. The van der Waals surface area contributed by atoms with Crippen LogP contribution in [0.2, 0.25) is 0 Å². The Morgan fingerprint density at radius 2 is 2.08 bits per heavy atom. The Kier molecular flexibility index (Phi) is 2.13. The molecule has 0 saturated carbocycles. The average molecular weight is 177 g/mol. The van der Waals surface area contributed by atoms with Crippen molar-refractivity contribution >= 4 is 0 Å². The molecule has 1 atom stereocenters. The normalized spacial score (nSPS) is 25.6. The quantitative estimate of drug-likeness (QED) is 0.661. The molecule has 1 saturated heterocycles. The first kappa shape index (κ1) is 8.42. The molecule has 13 heavy (non-hydrogen) atoms. The van der Waals surface area contributed by atoms with E-state index in [1.165, 1.54) is 0 Å². The topological polar surface area (TPSA) is 21.3 Å². The lowest BCUT2D eigenvalue weighted by atomic mass is 10.1. The summed E-state index contributed by atoms with van der Waals surface area (Å²) < 4.78 is 5.58. The molecule has 2 heteroatoms. The summed E-state index contributed by atoms with van der Waals surface area (Å²) in [7, 11) is 0. The van der Waals surface area contributed by atoms with E-state index in [0.29, 0.717) is 12.0 Å². The van der Waals surface area contributed by atoms with Crippen molar-refractivity contribution in [1.82, 2.24) is 5.32 Å². The SMILES string of the molecule is CC(C)[C@@H]1COC(=C2C=CC=C2)N1. The van der Waals surface area contributed by atoms with E-state index in [2.05, 4.69) is 31.3 Å². The fourth-order valence-corrected chi connectivity index (χ4v) is 1.48. The summed E-state index contributed by atoms with van der Waals surface area (Å²) in [6.07, 6.45) is 8.17. The molecule has 70 valence electrons. The fraction of sp³-hybridized carbons (Fsp3) is 0.455. The van der Waals surface area contributed by atoms with Crippen molar-refractivity contribution in [2.75, 3.05) is 6.61 Å². The van der Waals surface area contributed by atoms with E-state index in [0.717, 1.165) is 18.1 Å². The van der Waals surface area contributed by atoms with Gasteiger partial charge in [0.15, 0.2) is 5.88 Å². The first-order valence-corrected chi connectivity index (χ1v) is 4.76. The molecule has 0 radical (unpaired) electrons. The van der Waals surface area contributed by atoms with Crippen molar-refractivity contribution in [2.45, 2.75) is 19.9 Å². The van der Waals surface area contributed by atoms with Crippen LogP contribution in [-0.2, 0) is 4.74 Å². The van der Waals surface area contributed by atoms with E-state index < -0.39 is 0 Å². The molecule has 0 aromatic rings. The van der Waals surface area contributed by atoms with Crippen LogP contribution in [0.3, 0.4) is 0 Å². The summed E-state index contributed by atoms with van der Waals surface area (Å²) in [6.45, 7) is 5.20. The maximum atomic E-state index is 5.58. The van der Waals surface area contributed by atoms with E-state index in [9.17, 15) is 0 Å². The minimum atomic E-state index is 0.463. The Morgan fingerprint density at radius 3 is 2.62 bits per heavy atom. The highest BCUT2D eigenvalue weighted by atomic mass is 16.5. The van der Waals surface area contributed by atoms with Gasteiger partial charge in [-0.1, -0.05) is 26.0 Å². The van der Waals surface area contributed by atoms with Gasteiger partial charge in [0.25, 0.3) is 0 Å². The van der Waals surface area contributed by atoms with Crippen molar-refractivity contribution < 1.29 is 4.74 Å². The largest absolute Gasteiger partial charge is 0.477 e. The number of ether oxygens (including phenoxy) is 1. The molecule has 2 aliphatic rings. The van der Waals surface area contributed by atoms with E-state index in [-0.39, 0.29) is 0 Å². The Morgan fingerprint density at radius 1 is 1.38 bits per heavy atom. The summed E-state index contributed by atoms with van der Waals surface area (Å²) in [5, 5.41) is 3.39. The second-order valence-electron chi connectivity index (χ2n) is 3.81. The molecule has 0 amide bonds. The third-order valence-corrected chi connectivity index (χ3v) is 2.45. The monoisotopic (exact) mass is 177 g/mol. The van der Waals surface area contributed by atoms with Gasteiger partial charge in [-0.25, -0.2) is 0 Å². The zero-order valence-corrected chi connectivity index (χ0v) is 8.08. The molecule has 1 aliphatic carbocycles. The number of nitrogens with one attached hydrogen (secondary N) is 1. The molecule has 0 unspecified atom stereocenters. The zero-order chi connectivity index (χ0) is 9.26. The Bertz CT molecular complexity index is 272. The van der Waals surface area contributed by atoms with Crippen LogP contribution in [-0.4, -0.2) is 12.6 Å². The van der Waals surface area contributed by atoms with Crippen molar-refractivity contribution in [3.8, 4) is 0 Å². The maximum Gasteiger partial charge on any atom is 0.194 e. The van der Waals surface area contributed by atoms with Crippen LogP contribution in [0.4, 0.5) is 0 Å². The van der Waals surface area contributed by atoms with Crippen molar-refractivity contribution in [2.24, 2.45) is 5.92 Å². The molecule has 1 heterocycles. The Hall–Kier alpha value is -1.18. The van der Waals surface area contributed by atoms with Gasteiger partial charge in [0.05, 0.1) is 6.04 Å². The van der Waals surface area contributed by atoms with Crippen LogP contribution in [0.25, 0.3) is 0 Å². The fourth-order valence-electron chi connectivity index (χ4n) is 1.48. The summed E-state index contributed by atoms with van der Waals surface area (Å²) >= 11 is 0. The first-order chi connectivity index (χ1) is 6.27. The van der Waals surface area contributed by atoms with Gasteiger partial charge >= 0.3 is 0 Å². The number of hydrogen-bond donors (Lipinski definition) is 1. The Labute approximate surface area is 79.0 Å². The third-order valence-electron chi connectivity index (χ3n) is 2.45. The van der Waals surface area contributed by atoms with Crippen LogP contribution in [0, 0.1) is 5.92 Å². The predicted octanol–water partition coefficient (Wildman–Crippen LogP) is 1.97. The highest BCUT2D eigenvalue weighted by Crippen LogP contribution is 2.20. The Balaban J connectivity index is 2.10. The molecule has 2 nitrogen and oxygen atoms in total. The van der Waals surface area contributed by atoms with E-state index in [1.807, 2.05) is 12.2 Å². The van der Waals surface area contributed by atoms with Crippen LogP contribution in [0.1, 0.15) is 13.8 Å². The van der Waals surface area contributed by atoms with Gasteiger partial charge in [-0.3, -0.25) is 0 Å². The average Bonchev–Trinajstić information content (AvgIpc) is 2.75. The second kappa shape index (κ2) is 3.29. The van der Waals surface area contributed by atoms with E-state index in [4.69, 9.17) is 4.74 Å². The van der Waals surface area contributed by atoms with Crippen LogP contribution >= 0.6 is 0 Å². The predicted molar refractivity (Wildman–Crippen MR) is 53.0 cm³/mol. The van der Waals surface area contributed by atoms with Gasteiger partial charge in [-0.05, 0) is 18.1 Å². The molecule has 1 fully saturated rings. The molecule has 0 aromatic carbocycles. The minimum Gasteiger partial charge on any atom is -0.477 e. The summed E-state index contributed by atoms with van der Waals surface area (Å²) in [5.41, 5.74) is 1.16. The lowest BCUT2D eigenvalue weighted by Crippen LogP contribution is -2.28. The summed E-state index contributed by atoms with van der Waals surface area (Å²) in [6, 6.07) is 0.463. The summed E-state index contributed by atoms with van der Waals surface area (Å²) in [4.78, 5) is 0. The molecular formula is C11H15NO. The van der Waals surface area contributed by atoms with Crippen molar-refractivity contribution in [3.05, 3.63) is 35.8 Å². The van der Waals surface area contributed by atoms with E-state index in [1.54, 1.807) is 0 Å². The number of allylic oxidation sites excluding steroid dienone is 5. The van der Waals surface area contributed by atoms with Gasteiger partial charge in [-0.2, -0.15) is 0 Å². The van der Waals surface area contributed by atoms with Crippen LogP contribution in [0.15, 0.2) is 35.8 Å². The maximum absolute atomic E-state index is 5.58. The first-order valence-electron chi connectivity index (χ1n) is 4.76. The van der Waals surface area contributed by atoms with Gasteiger partial charge < -0.3 is 10.1 Å². The van der Waals surface area contributed by atoms with Crippen molar-refractivity contribution in [1.29, 1.82) is 0 Å². The van der Waals surface area contributed by atoms with Crippen LogP contribution in [0.5, 0.6) is 0 Å². The van der Waals surface area contributed by atoms with Gasteiger partial charge in [0.2, 0.25) is 0 Å². The molecule has 1 N–H and O–H groups in total. The van der Waals surface area contributed by atoms with Gasteiger partial charge in [0.1, 0.15) is 6.61 Å². The zero-order valence-electron chi connectivity index (χ0n) is 8.08. The molecule has 2 rings (SSSR count). The van der Waals surface area contributed by atoms with Crippen LogP contribution < -0.4 is 5.32 Å². The van der Waals surface area contributed by atoms with Gasteiger partial charge in [0, 0.05) is 5.57 Å². The third kappa shape index (κ3) is 1.62. The molecule has 0 spiro atoms. The molecular weight excluding hydrogens is 162 g/mol.